The van der Waals surface area contributed by atoms with Gasteiger partial charge in [0.2, 0.25) is 0 Å². The van der Waals surface area contributed by atoms with Crippen LogP contribution in [0.15, 0.2) is 42.5 Å². The number of hydrogen-bond donors (Lipinski definition) is 1. The number of ether oxygens (including phenoxy) is 1. The van der Waals surface area contributed by atoms with Gasteiger partial charge >= 0.3 is 0 Å². The summed E-state index contributed by atoms with van der Waals surface area (Å²) in [6, 6.07) is 12.3. The van der Waals surface area contributed by atoms with E-state index in [1.165, 1.54) is 12.1 Å². The maximum Gasteiger partial charge on any atom is 0.260 e. The lowest BCUT2D eigenvalue weighted by atomic mass is 10.0. The zero-order valence-electron chi connectivity index (χ0n) is 16.3. The number of amides is 1. The average Bonchev–Trinajstić information content (AvgIpc) is 2.68. The fourth-order valence-corrected chi connectivity index (χ4v) is 3.51. The molecule has 1 saturated heterocycles. The summed E-state index contributed by atoms with van der Waals surface area (Å²) in [4.78, 5) is 14.8. The maximum atomic E-state index is 13.0. The number of piperidine rings is 1. The molecule has 1 fully saturated rings. The van der Waals surface area contributed by atoms with Crippen LogP contribution in [0.25, 0.3) is 0 Å². The highest BCUT2D eigenvalue weighted by Crippen LogP contribution is 2.26. The highest BCUT2D eigenvalue weighted by Gasteiger charge is 2.24. The first-order valence-electron chi connectivity index (χ1n) is 9.60. The van der Waals surface area contributed by atoms with E-state index in [1.54, 1.807) is 13.0 Å². The van der Waals surface area contributed by atoms with Gasteiger partial charge < -0.3 is 10.1 Å². The van der Waals surface area contributed by atoms with Crippen molar-refractivity contribution in [3.8, 4) is 5.75 Å². The second-order valence-electron chi connectivity index (χ2n) is 7.38. The number of likely N-dealkylation sites (tertiary alicyclic amines) is 1. The van der Waals surface area contributed by atoms with Gasteiger partial charge in [0.15, 0.2) is 6.10 Å². The molecule has 1 atom stereocenters. The fourth-order valence-electron chi connectivity index (χ4n) is 3.35. The number of carbonyl (C=O) groups is 1. The minimum atomic E-state index is -0.614. The summed E-state index contributed by atoms with van der Waals surface area (Å²) >= 11 is 6.15. The van der Waals surface area contributed by atoms with Crippen molar-refractivity contribution in [2.24, 2.45) is 0 Å². The van der Waals surface area contributed by atoms with Gasteiger partial charge in [0.25, 0.3) is 5.91 Å². The summed E-state index contributed by atoms with van der Waals surface area (Å²) in [6.45, 7) is 6.26. The van der Waals surface area contributed by atoms with Gasteiger partial charge in [-0.3, -0.25) is 9.69 Å². The zero-order valence-corrected chi connectivity index (χ0v) is 17.0. The molecule has 0 aromatic heterocycles. The third kappa shape index (κ3) is 5.69. The van der Waals surface area contributed by atoms with Crippen molar-refractivity contribution < 1.29 is 13.9 Å². The molecular weight excluding hydrogens is 379 g/mol. The summed E-state index contributed by atoms with van der Waals surface area (Å²) < 4.78 is 18.8. The van der Waals surface area contributed by atoms with E-state index in [-0.39, 0.29) is 17.8 Å². The minimum absolute atomic E-state index is 0.130. The van der Waals surface area contributed by atoms with Crippen molar-refractivity contribution >= 4 is 17.5 Å². The number of halogens is 2. The summed E-state index contributed by atoms with van der Waals surface area (Å²) in [5, 5.41) is 3.58. The Kier molecular flexibility index (Phi) is 6.92. The SMILES string of the molecule is Cc1ccc(Cl)c(OC(C)C(=O)NC2CCN(Cc3ccc(F)cc3)CC2)c1. The molecular formula is C22H26ClFN2O2. The van der Waals surface area contributed by atoms with E-state index in [0.29, 0.717) is 10.8 Å². The normalized spacial score (nSPS) is 16.6. The van der Waals surface area contributed by atoms with Crippen LogP contribution in [0.4, 0.5) is 4.39 Å². The standard InChI is InChI=1S/C22H26ClFN2O2/c1-15-3-8-20(23)21(13-15)28-16(2)22(27)25-19-9-11-26(12-10-19)14-17-4-6-18(24)7-5-17/h3-8,13,16,19H,9-12,14H2,1-2H3,(H,25,27). The third-order valence-corrected chi connectivity index (χ3v) is 5.33. The summed E-state index contributed by atoms with van der Waals surface area (Å²) in [5.41, 5.74) is 2.13. The number of carbonyl (C=O) groups excluding carboxylic acids is 1. The molecule has 1 heterocycles. The van der Waals surface area contributed by atoms with Crippen LogP contribution < -0.4 is 10.1 Å². The number of nitrogens with zero attached hydrogens (tertiary/aromatic N) is 1. The lowest BCUT2D eigenvalue weighted by Crippen LogP contribution is -2.47. The molecule has 1 unspecified atom stereocenters. The molecule has 1 N–H and O–H groups in total. The smallest absolute Gasteiger partial charge is 0.260 e. The van der Waals surface area contributed by atoms with Gasteiger partial charge in [-0.25, -0.2) is 4.39 Å². The monoisotopic (exact) mass is 404 g/mol. The molecule has 3 rings (SSSR count). The van der Waals surface area contributed by atoms with E-state index in [9.17, 15) is 9.18 Å². The Balaban J connectivity index is 1.45. The molecule has 1 aliphatic heterocycles. The van der Waals surface area contributed by atoms with E-state index in [2.05, 4.69) is 10.2 Å². The molecule has 1 aliphatic rings. The lowest BCUT2D eigenvalue weighted by molar-refractivity contribution is -0.128. The zero-order chi connectivity index (χ0) is 20.1. The number of nitrogens with one attached hydrogen (secondary N) is 1. The maximum absolute atomic E-state index is 13.0. The van der Waals surface area contributed by atoms with Crippen LogP contribution in [0.1, 0.15) is 30.9 Å². The summed E-state index contributed by atoms with van der Waals surface area (Å²) in [5.74, 6) is 0.182. The molecule has 150 valence electrons. The largest absolute Gasteiger partial charge is 0.479 e. The second-order valence-corrected chi connectivity index (χ2v) is 7.79. The summed E-state index contributed by atoms with van der Waals surface area (Å²) in [6.07, 6.45) is 1.15. The average molecular weight is 405 g/mol. The molecule has 4 nitrogen and oxygen atoms in total. The van der Waals surface area contributed by atoms with Crippen molar-refractivity contribution in [3.05, 3.63) is 64.4 Å². The molecule has 0 radical (unpaired) electrons. The molecule has 0 bridgehead atoms. The summed E-state index contributed by atoms with van der Waals surface area (Å²) in [7, 11) is 0. The van der Waals surface area contributed by atoms with Gasteiger partial charge in [0, 0.05) is 25.7 Å². The molecule has 0 aliphatic carbocycles. The Morgan fingerprint density at radius 1 is 1.25 bits per heavy atom. The van der Waals surface area contributed by atoms with Crippen molar-refractivity contribution in [2.45, 2.75) is 45.4 Å². The third-order valence-electron chi connectivity index (χ3n) is 5.01. The van der Waals surface area contributed by atoms with Crippen molar-refractivity contribution in [2.75, 3.05) is 13.1 Å². The van der Waals surface area contributed by atoms with Gasteiger partial charge in [0.1, 0.15) is 11.6 Å². The Hall–Kier alpha value is -2.11. The Labute approximate surface area is 170 Å². The predicted octanol–water partition coefficient (Wildman–Crippen LogP) is 4.34. The van der Waals surface area contributed by atoms with Gasteiger partial charge in [-0.2, -0.15) is 0 Å². The van der Waals surface area contributed by atoms with Crippen LogP contribution in [-0.2, 0) is 11.3 Å². The van der Waals surface area contributed by atoms with Crippen LogP contribution in [0.2, 0.25) is 5.02 Å². The lowest BCUT2D eigenvalue weighted by Gasteiger charge is -2.32. The van der Waals surface area contributed by atoms with E-state index in [0.717, 1.165) is 43.6 Å². The first-order valence-corrected chi connectivity index (χ1v) is 9.98. The number of benzene rings is 2. The highest BCUT2D eigenvalue weighted by atomic mass is 35.5. The first kappa shape index (κ1) is 20.6. The Bertz CT molecular complexity index is 805. The van der Waals surface area contributed by atoms with E-state index in [4.69, 9.17) is 16.3 Å². The van der Waals surface area contributed by atoms with E-state index < -0.39 is 6.10 Å². The molecule has 28 heavy (non-hydrogen) atoms. The quantitative estimate of drug-likeness (QED) is 0.778. The first-order chi connectivity index (χ1) is 13.4. The molecule has 1 amide bonds. The van der Waals surface area contributed by atoms with Crippen LogP contribution >= 0.6 is 11.6 Å². The van der Waals surface area contributed by atoms with Gasteiger partial charge in [-0.1, -0.05) is 29.8 Å². The van der Waals surface area contributed by atoms with Crippen LogP contribution in [0.5, 0.6) is 5.75 Å². The Morgan fingerprint density at radius 3 is 2.61 bits per heavy atom. The van der Waals surface area contributed by atoms with Crippen molar-refractivity contribution in [1.82, 2.24) is 10.2 Å². The number of rotatable bonds is 6. The number of hydrogen-bond acceptors (Lipinski definition) is 3. The molecule has 2 aromatic rings. The van der Waals surface area contributed by atoms with Crippen molar-refractivity contribution in [1.29, 1.82) is 0 Å². The van der Waals surface area contributed by atoms with Crippen molar-refractivity contribution in [3.63, 3.8) is 0 Å². The van der Waals surface area contributed by atoms with E-state index >= 15 is 0 Å². The fraction of sp³-hybridized carbons (Fsp3) is 0.409. The predicted molar refractivity (Wildman–Crippen MR) is 109 cm³/mol. The molecule has 0 saturated carbocycles. The Morgan fingerprint density at radius 2 is 1.93 bits per heavy atom. The second kappa shape index (κ2) is 9.39. The molecule has 0 spiro atoms. The van der Waals surface area contributed by atoms with E-state index in [1.807, 2.05) is 31.2 Å². The molecule has 2 aromatic carbocycles. The van der Waals surface area contributed by atoms with Crippen LogP contribution in [-0.4, -0.2) is 36.0 Å². The van der Waals surface area contributed by atoms with Crippen LogP contribution in [0.3, 0.4) is 0 Å². The van der Waals surface area contributed by atoms with Gasteiger partial charge in [-0.05, 0) is 62.1 Å². The molecule has 6 heteroatoms. The minimum Gasteiger partial charge on any atom is -0.479 e. The number of aryl methyl sites for hydroxylation is 1. The van der Waals surface area contributed by atoms with Gasteiger partial charge in [0.05, 0.1) is 5.02 Å². The van der Waals surface area contributed by atoms with Crippen LogP contribution in [0, 0.1) is 12.7 Å². The topological polar surface area (TPSA) is 41.6 Å². The van der Waals surface area contributed by atoms with Gasteiger partial charge in [-0.15, -0.1) is 0 Å². The highest BCUT2D eigenvalue weighted by molar-refractivity contribution is 6.32.